The highest BCUT2D eigenvalue weighted by Gasteiger charge is 1.81. The first-order valence-electron chi connectivity index (χ1n) is 1.94. The normalized spacial score (nSPS) is 9.12. The van der Waals surface area contributed by atoms with Gasteiger partial charge in [0.05, 0.1) is 11.2 Å². The van der Waals surface area contributed by atoms with Crippen LogP contribution in [0, 0.1) is 0 Å². The molecule has 0 spiro atoms. The molecule has 0 amide bonds. The van der Waals surface area contributed by atoms with E-state index in [1.165, 1.54) is 12.3 Å². The van der Waals surface area contributed by atoms with E-state index in [2.05, 4.69) is 10.2 Å². The van der Waals surface area contributed by atoms with E-state index >= 15 is 0 Å². The molecular formula is C4H2ClN2O-. The van der Waals surface area contributed by atoms with Crippen LogP contribution in [0.15, 0.2) is 12.3 Å². The van der Waals surface area contributed by atoms with Gasteiger partial charge in [0, 0.05) is 5.88 Å². The largest absolute Gasteiger partial charge is 0.857 e. The molecule has 0 aliphatic heterocycles. The molecular weight excluding hydrogens is 128 g/mol. The molecule has 3 nitrogen and oxygen atoms in total. The van der Waals surface area contributed by atoms with Crippen molar-refractivity contribution in [1.29, 1.82) is 0 Å². The highest BCUT2D eigenvalue weighted by atomic mass is 35.5. The number of halogens is 1. The second kappa shape index (κ2) is 1.96. The molecule has 0 atom stereocenters. The molecule has 8 heavy (non-hydrogen) atoms. The lowest BCUT2D eigenvalue weighted by atomic mass is 10.6. The Labute approximate surface area is 50.9 Å². The molecule has 0 N–H and O–H groups in total. The van der Waals surface area contributed by atoms with Crippen molar-refractivity contribution in [3.63, 3.8) is 0 Å². The van der Waals surface area contributed by atoms with Crippen molar-refractivity contribution in [2.45, 2.75) is 0 Å². The molecule has 0 aromatic carbocycles. The standard InChI is InChI=1S/C4H3ClN2O/c5-3-1-4(8)7-6-2-3/h1-2H,(H,7,8)/p-1. The predicted octanol–water partition coefficient (Wildman–Crippen LogP) is 0.204. The van der Waals surface area contributed by atoms with E-state index in [4.69, 9.17) is 11.6 Å². The van der Waals surface area contributed by atoms with Crippen LogP contribution in [0.2, 0.25) is 5.02 Å². The topological polar surface area (TPSA) is 48.8 Å². The van der Waals surface area contributed by atoms with Gasteiger partial charge in [0.25, 0.3) is 0 Å². The first-order chi connectivity index (χ1) is 3.79. The molecule has 1 heterocycles. The third-order valence-electron chi connectivity index (χ3n) is 0.599. The monoisotopic (exact) mass is 129 g/mol. The number of hydrogen-bond donors (Lipinski definition) is 0. The summed E-state index contributed by atoms with van der Waals surface area (Å²) in [6.07, 6.45) is 1.31. The van der Waals surface area contributed by atoms with Crippen molar-refractivity contribution in [1.82, 2.24) is 10.2 Å². The van der Waals surface area contributed by atoms with Gasteiger partial charge in [0.15, 0.2) is 0 Å². The zero-order valence-electron chi connectivity index (χ0n) is 3.84. The molecule has 42 valence electrons. The van der Waals surface area contributed by atoms with Gasteiger partial charge >= 0.3 is 0 Å². The van der Waals surface area contributed by atoms with Crippen LogP contribution in [0.5, 0.6) is 5.88 Å². The summed E-state index contributed by atoms with van der Waals surface area (Å²) in [7, 11) is 0. The predicted molar refractivity (Wildman–Crippen MR) is 26.5 cm³/mol. The van der Waals surface area contributed by atoms with Gasteiger partial charge in [-0.25, -0.2) is 0 Å². The summed E-state index contributed by atoms with van der Waals surface area (Å²) in [6.45, 7) is 0. The van der Waals surface area contributed by atoms with Crippen molar-refractivity contribution in [2.24, 2.45) is 0 Å². The third kappa shape index (κ3) is 1.07. The van der Waals surface area contributed by atoms with Crippen LogP contribution < -0.4 is 5.11 Å². The second-order valence-corrected chi connectivity index (χ2v) is 1.65. The van der Waals surface area contributed by atoms with E-state index in [0.29, 0.717) is 5.02 Å². The Morgan fingerprint density at radius 1 is 1.62 bits per heavy atom. The quantitative estimate of drug-likeness (QED) is 0.503. The minimum Gasteiger partial charge on any atom is -0.857 e. The fourth-order valence-electron chi connectivity index (χ4n) is 0.325. The van der Waals surface area contributed by atoms with Crippen LogP contribution in [0.3, 0.4) is 0 Å². The van der Waals surface area contributed by atoms with Gasteiger partial charge in [0.2, 0.25) is 0 Å². The lowest BCUT2D eigenvalue weighted by Crippen LogP contribution is -1.93. The van der Waals surface area contributed by atoms with E-state index in [9.17, 15) is 5.11 Å². The summed E-state index contributed by atoms with van der Waals surface area (Å²) < 4.78 is 0. The molecule has 0 bridgehead atoms. The Morgan fingerprint density at radius 2 is 2.38 bits per heavy atom. The second-order valence-electron chi connectivity index (χ2n) is 1.21. The van der Waals surface area contributed by atoms with Crippen molar-refractivity contribution < 1.29 is 5.11 Å². The van der Waals surface area contributed by atoms with Crippen LogP contribution in [0.25, 0.3) is 0 Å². The van der Waals surface area contributed by atoms with E-state index in [0.717, 1.165) is 0 Å². The average molecular weight is 130 g/mol. The minimum atomic E-state index is -0.405. The maximum absolute atomic E-state index is 10.2. The summed E-state index contributed by atoms with van der Waals surface area (Å²) in [6, 6.07) is 1.20. The molecule has 0 radical (unpaired) electrons. The molecule has 1 rings (SSSR count). The summed E-state index contributed by atoms with van der Waals surface area (Å²) in [4.78, 5) is 0. The van der Waals surface area contributed by atoms with Gasteiger partial charge in [0.1, 0.15) is 0 Å². The SMILES string of the molecule is [O-]c1cc(Cl)cnn1. The van der Waals surface area contributed by atoms with E-state index < -0.39 is 5.88 Å². The number of hydrogen-bond acceptors (Lipinski definition) is 3. The smallest absolute Gasteiger partial charge is 0.0682 e. The highest BCUT2D eigenvalue weighted by molar-refractivity contribution is 6.30. The number of aromatic nitrogens is 2. The molecule has 0 aliphatic carbocycles. The van der Waals surface area contributed by atoms with E-state index in [-0.39, 0.29) is 0 Å². The average Bonchev–Trinajstić information content (AvgIpc) is 1.64. The molecule has 0 unspecified atom stereocenters. The van der Waals surface area contributed by atoms with Crippen LogP contribution in [-0.2, 0) is 0 Å². The fraction of sp³-hybridized carbons (Fsp3) is 0. The Morgan fingerprint density at radius 3 is 2.75 bits per heavy atom. The molecule has 0 saturated heterocycles. The summed E-state index contributed by atoms with van der Waals surface area (Å²) >= 11 is 5.34. The minimum absolute atomic E-state index is 0.324. The van der Waals surface area contributed by atoms with Crippen LogP contribution in [0.4, 0.5) is 0 Å². The molecule has 4 heteroatoms. The maximum atomic E-state index is 10.2. The van der Waals surface area contributed by atoms with Crippen LogP contribution in [-0.4, -0.2) is 10.2 Å². The lowest BCUT2D eigenvalue weighted by Gasteiger charge is -1.98. The van der Waals surface area contributed by atoms with Crippen molar-refractivity contribution in [3.8, 4) is 5.88 Å². The van der Waals surface area contributed by atoms with Gasteiger partial charge in [-0.05, 0) is 6.07 Å². The number of nitrogens with zero attached hydrogens (tertiary/aromatic N) is 2. The summed E-state index contributed by atoms with van der Waals surface area (Å²) in [5.74, 6) is -0.405. The third-order valence-corrected chi connectivity index (χ3v) is 0.805. The molecule has 1 aromatic heterocycles. The maximum Gasteiger partial charge on any atom is 0.0682 e. The van der Waals surface area contributed by atoms with Gasteiger partial charge < -0.3 is 5.11 Å². The van der Waals surface area contributed by atoms with E-state index in [1.807, 2.05) is 0 Å². The molecule has 0 saturated carbocycles. The van der Waals surface area contributed by atoms with Crippen molar-refractivity contribution >= 4 is 11.6 Å². The molecule has 1 aromatic rings. The summed E-state index contributed by atoms with van der Waals surface area (Å²) in [5, 5.41) is 17.0. The van der Waals surface area contributed by atoms with Crippen molar-refractivity contribution in [3.05, 3.63) is 17.3 Å². The number of rotatable bonds is 0. The van der Waals surface area contributed by atoms with Crippen LogP contribution >= 0.6 is 11.6 Å². The zero-order valence-corrected chi connectivity index (χ0v) is 4.59. The van der Waals surface area contributed by atoms with Gasteiger partial charge in [-0.1, -0.05) is 11.6 Å². The molecule has 0 fully saturated rings. The van der Waals surface area contributed by atoms with Gasteiger partial charge in [-0.3, -0.25) is 0 Å². The first-order valence-corrected chi connectivity index (χ1v) is 2.32. The first kappa shape index (κ1) is 5.31. The van der Waals surface area contributed by atoms with Gasteiger partial charge in [-0.15, -0.1) is 0 Å². The molecule has 0 aliphatic rings. The van der Waals surface area contributed by atoms with Crippen molar-refractivity contribution in [2.75, 3.05) is 0 Å². The van der Waals surface area contributed by atoms with E-state index in [1.54, 1.807) is 0 Å². The Hall–Kier alpha value is -0.830. The van der Waals surface area contributed by atoms with Crippen LogP contribution in [0.1, 0.15) is 0 Å². The highest BCUT2D eigenvalue weighted by Crippen LogP contribution is 2.06. The summed E-state index contributed by atoms with van der Waals surface area (Å²) in [5.41, 5.74) is 0. The Balaban J connectivity index is 3.08. The van der Waals surface area contributed by atoms with Gasteiger partial charge in [-0.2, -0.15) is 10.2 Å². The Kier molecular flexibility index (Phi) is 1.30. The Bertz CT molecular complexity index is 174. The zero-order chi connectivity index (χ0) is 5.98. The fourth-order valence-corrected chi connectivity index (χ4v) is 0.462. The lowest BCUT2D eigenvalue weighted by molar-refractivity contribution is -0.275.